The van der Waals surface area contributed by atoms with Gasteiger partial charge in [-0.25, -0.2) is 4.18 Å². The van der Waals surface area contributed by atoms with Crippen LogP contribution in [0.4, 0.5) is 0 Å². The Morgan fingerprint density at radius 3 is 2.31 bits per heavy atom. The molecule has 0 amide bonds. The van der Waals surface area contributed by atoms with Gasteiger partial charge in [0.25, 0.3) is 0 Å². The summed E-state index contributed by atoms with van der Waals surface area (Å²) in [5.41, 5.74) is -0.961. The predicted molar refractivity (Wildman–Crippen MR) is 168 cm³/mol. The number of aliphatic hydroxyl groups excluding tert-OH is 3. The molecule has 4 fully saturated rings. The van der Waals surface area contributed by atoms with E-state index in [2.05, 4.69) is 19.9 Å². The first kappa shape index (κ1) is 41.3. The maximum Gasteiger partial charge on any atom is 1.00 e. The van der Waals surface area contributed by atoms with Crippen LogP contribution in [0, 0.1) is 46.3 Å². The molecule has 1 heterocycles. The molecule has 5 N–H and O–H groups in total. The Hall–Kier alpha value is -0.490. The number of ketones is 1. The topological polar surface area (TPSA) is 220 Å². The van der Waals surface area contributed by atoms with Crippen LogP contribution in [0.2, 0.25) is 0 Å². The molecule has 15 atom stereocenters. The van der Waals surface area contributed by atoms with Crippen LogP contribution >= 0.6 is 0 Å². The number of aliphatic hydroxyl groups is 4. The summed E-state index contributed by atoms with van der Waals surface area (Å²) in [5.74, 6) is -2.39. The fourth-order valence-corrected chi connectivity index (χ4v) is 10.8. The second-order valence-corrected chi connectivity index (χ2v) is 17.4. The number of carboxylic acids is 1. The molecule has 274 valence electrons. The molecule has 1 saturated heterocycles. The van der Waals surface area contributed by atoms with E-state index in [0.717, 1.165) is 6.42 Å². The molecule has 49 heavy (non-hydrogen) atoms. The van der Waals surface area contributed by atoms with Crippen LogP contribution in [0.5, 0.6) is 0 Å². The van der Waals surface area contributed by atoms with Crippen LogP contribution < -0.4 is 34.7 Å². The minimum Gasteiger partial charge on any atom is -0.547 e. The quantitative estimate of drug-likeness (QED) is 0.0736. The number of hydrogen-bond acceptors (Lipinski definition) is 12. The molecule has 0 aromatic rings. The van der Waals surface area contributed by atoms with Crippen molar-refractivity contribution in [3.05, 3.63) is 11.6 Å². The van der Waals surface area contributed by atoms with Gasteiger partial charge in [0.05, 0.1) is 23.8 Å². The van der Waals surface area contributed by atoms with Gasteiger partial charge >= 0.3 is 40.0 Å². The molecule has 0 bridgehead atoms. The van der Waals surface area contributed by atoms with Crippen LogP contribution in [0.1, 0.15) is 92.9 Å². The van der Waals surface area contributed by atoms with E-state index in [4.69, 9.17) is 13.7 Å². The number of Topliss-reactive ketones (excluding diaryl/α,β-unsaturated/α-hetero) is 1. The van der Waals surface area contributed by atoms with Crippen LogP contribution in [0.25, 0.3) is 0 Å². The van der Waals surface area contributed by atoms with E-state index in [1.54, 1.807) is 6.92 Å². The van der Waals surface area contributed by atoms with E-state index in [1.807, 2.05) is 20.8 Å². The number of hydrogen-bond donors (Lipinski definition) is 5. The summed E-state index contributed by atoms with van der Waals surface area (Å²) in [6.45, 7) is 11.9. The molecule has 3 saturated carbocycles. The number of rotatable bonds is 10. The fraction of sp³-hybridized carbons (Fsp3) is 0.882. The van der Waals surface area contributed by atoms with Crippen LogP contribution in [0.3, 0.4) is 0 Å². The van der Waals surface area contributed by atoms with E-state index < -0.39 is 76.2 Å². The van der Waals surface area contributed by atoms with Crippen molar-refractivity contribution >= 4 is 22.2 Å². The third-order valence-corrected chi connectivity index (χ3v) is 13.6. The molecular weight excluding hydrogens is 671 g/mol. The monoisotopic (exact) mass is 724 g/mol. The summed E-state index contributed by atoms with van der Waals surface area (Å²) in [6, 6.07) is 0. The molecule has 13 nitrogen and oxygen atoms in total. The second-order valence-electron chi connectivity index (χ2n) is 16.3. The largest absolute Gasteiger partial charge is 1.00 e. The van der Waals surface area contributed by atoms with Crippen molar-refractivity contribution in [3.8, 4) is 0 Å². The van der Waals surface area contributed by atoms with Crippen molar-refractivity contribution in [2.75, 3.05) is 0 Å². The van der Waals surface area contributed by atoms with Crippen molar-refractivity contribution in [1.29, 1.82) is 0 Å². The Morgan fingerprint density at radius 2 is 1.71 bits per heavy atom. The van der Waals surface area contributed by atoms with Gasteiger partial charge in [-0.2, -0.15) is 8.42 Å². The second kappa shape index (κ2) is 14.7. The van der Waals surface area contributed by atoms with Gasteiger partial charge in [-0.1, -0.05) is 46.3 Å². The van der Waals surface area contributed by atoms with Gasteiger partial charge in [0.1, 0.15) is 30.2 Å². The van der Waals surface area contributed by atoms with E-state index in [9.17, 15) is 48.1 Å². The summed E-state index contributed by atoms with van der Waals surface area (Å²) >= 11 is 0. The van der Waals surface area contributed by atoms with Crippen LogP contribution in [-0.4, -0.2) is 93.7 Å². The van der Waals surface area contributed by atoms with Crippen molar-refractivity contribution in [3.63, 3.8) is 0 Å². The molecule has 4 aliphatic carbocycles. The number of fused-ring (bicyclic) bond motifs is 5. The third kappa shape index (κ3) is 7.77. The average Bonchev–Trinajstić information content (AvgIpc) is 3.34. The van der Waals surface area contributed by atoms with Gasteiger partial charge in [-0.3, -0.25) is 9.35 Å². The molecule has 0 aromatic carbocycles. The summed E-state index contributed by atoms with van der Waals surface area (Å²) in [5, 5.41) is 54.1. The molecule has 0 aromatic heterocycles. The van der Waals surface area contributed by atoms with Gasteiger partial charge in [-0.05, 0) is 92.3 Å². The van der Waals surface area contributed by atoms with Crippen molar-refractivity contribution in [2.24, 2.45) is 46.3 Å². The SMILES string of the molecule is CC(C)[C@@H](C)C(=O)C[C@](C)(O)[C@H]1CC[C@H]2[C@@H]3C[C@H](OS(=O)(=O)O)[C@H]4C[C@@H](O[C@@H]5O[C@H](C(=O)[O-])[C@@H](O)[C@H](O)[C@H]5O)CC[C@]4(C)C3=CC[C@@]21C.[Na+]. The van der Waals surface area contributed by atoms with E-state index in [0.29, 0.717) is 25.7 Å². The van der Waals surface area contributed by atoms with Crippen LogP contribution in [-0.2, 0) is 33.6 Å². The summed E-state index contributed by atoms with van der Waals surface area (Å²) in [7, 11) is -4.86. The van der Waals surface area contributed by atoms with E-state index in [-0.39, 0.29) is 89.6 Å². The standard InChI is InChI=1S/C34H54O13S.Na/c1-16(2)17(3)23(35)15-34(6,41)25-8-7-20-19-14-24(47-48(42,43)44)22-13-18(9-11-32(22,4)21(19)10-12-33(20,25)5)45-31-28(38)26(36)27(37)29(46-31)30(39)40;/h10,16-20,22,24-29,31,36-38,41H,7-9,11-15H2,1-6H3,(H,39,40)(H,42,43,44);/q;+1/p-1/t17-,18+,19+,20+,22-,24+,25+,26+,27+,28-,29+,31-,32-,33+,34+;/m1./s1. The van der Waals surface area contributed by atoms with Gasteiger partial charge in [-0.15, -0.1) is 0 Å². The number of ether oxygens (including phenoxy) is 2. The molecule has 5 aliphatic rings. The molecule has 0 unspecified atom stereocenters. The van der Waals surface area contributed by atoms with Gasteiger partial charge < -0.3 is 39.8 Å². The zero-order chi connectivity index (χ0) is 35.7. The molecule has 1 aliphatic heterocycles. The number of carbonyl (C=O) groups excluding carboxylic acids is 2. The molecule has 0 spiro atoms. The Balaban J connectivity index is 0.00000541. The molecule has 15 heteroatoms. The van der Waals surface area contributed by atoms with Gasteiger partial charge in [0.2, 0.25) is 0 Å². The Labute approximate surface area is 311 Å². The third-order valence-electron chi connectivity index (χ3n) is 13.1. The first-order valence-corrected chi connectivity index (χ1v) is 18.6. The molecule has 5 rings (SSSR count). The number of aliphatic carboxylic acids is 1. The predicted octanol–water partition coefficient (Wildman–Crippen LogP) is -1.69. The minimum absolute atomic E-state index is 0. The Kier molecular flexibility index (Phi) is 12.4. The summed E-state index contributed by atoms with van der Waals surface area (Å²) < 4.78 is 50.9. The molecular formula is C34H53NaO13S. The van der Waals surface area contributed by atoms with E-state index in [1.165, 1.54) is 5.57 Å². The smallest absolute Gasteiger partial charge is 0.547 e. The average molecular weight is 725 g/mol. The van der Waals surface area contributed by atoms with Crippen molar-refractivity contribution in [2.45, 2.75) is 141 Å². The van der Waals surface area contributed by atoms with Crippen molar-refractivity contribution < 1.29 is 91.3 Å². The number of carbonyl (C=O) groups is 2. The first-order valence-electron chi connectivity index (χ1n) is 17.3. The normalized spacial score (nSPS) is 44.0. The molecule has 0 radical (unpaired) electrons. The fourth-order valence-electron chi connectivity index (χ4n) is 10.3. The zero-order valence-electron chi connectivity index (χ0n) is 29.7. The summed E-state index contributed by atoms with van der Waals surface area (Å²) in [4.78, 5) is 24.6. The minimum atomic E-state index is -4.86. The maximum atomic E-state index is 13.1. The van der Waals surface area contributed by atoms with Crippen molar-refractivity contribution in [1.82, 2.24) is 0 Å². The maximum absolute atomic E-state index is 13.1. The zero-order valence-corrected chi connectivity index (χ0v) is 32.5. The Morgan fingerprint density at radius 1 is 1.06 bits per heavy atom. The summed E-state index contributed by atoms with van der Waals surface area (Å²) in [6.07, 6.45) is -4.74. The van der Waals surface area contributed by atoms with E-state index >= 15 is 0 Å². The van der Waals surface area contributed by atoms with Gasteiger partial charge in [0, 0.05) is 12.3 Å². The number of allylic oxidation sites excluding steroid dienone is 2. The van der Waals surface area contributed by atoms with Crippen LogP contribution in [0.15, 0.2) is 11.6 Å². The first-order chi connectivity index (χ1) is 22.1. The number of carboxylic acid groups (broad SMARTS) is 1. The van der Waals surface area contributed by atoms with Gasteiger partial charge in [0.15, 0.2) is 6.29 Å². The Bertz CT molecular complexity index is 1390.